The number of rotatable bonds is 8. The highest BCUT2D eigenvalue weighted by atomic mass is 16.6. The van der Waals surface area contributed by atoms with Gasteiger partial charge in [0.1, 0.15) is 6.61 Å². The Morgan fingerprint density at radius 2 is 1.68 bits per heavy atom. The fourth-order valence-corrected chi connectivity index (χ4v) is 1.56. The van der Waals surface area contributed by atoms with Gasteiger partial charge >= 0.3 is 11.9 Å². The number of esters is 2. The highest BCUT2D eigenvalue weighted by molar-refractivity contribution is 5.94. The van der Waals surface area contributed by atoms with E-state index in [0.717, 1.165) is 0 Å². The first-order valence-corrected chi connectivity index (χ1v) is 6.69. The van der Waals surface area contributed by atoms with Crippen LogP contribution in [0.25, 0.3) is 0 Å². The molecular formula is C15H19NO6. The van der Waals surface area contributed by atoms with Crippen molar-refractivity contribution in [1.82, 2.24) is 0 Å². The summed E-state index contributed by atoms with van der Waals surface area (Å²) in [5.41, 5.74) is 0.924. The van der Waals surface area contributed by atoms with Crippen LogP contribution in [0.2, 0.25) is 0 Å². The Morgan fingerprint density at radius 1 is 1.00 bits per heavy atom. The number of hydrogen-bond acceptors (Lipinski definition) is 6. The number of nitrogens with one attached hydrogen (secondary N) is 1. The van der Waals surface area contributed by atoms with Gasteiger partial charge in [0.25, 0.3) is 0 Å². The molecule has 1 rings (SSSR count). The van der Waals surface area contributed by atoms with E-state index in [1.807, 2.05) is 0 Å². The maximum Gasteiger partial charge on any atom is 0.337 e. The molecule has 0 atom stereocenters. The van der Waals surface area contributed by atoms with Crippen LogP contribution in [0.3, 0.4) is 0 Å². The maximum atomic E-state index is 11.7. The summed E-state index contributed by atoms with van der Waals surface area (Å²) in [7, 11) is 2.80. The normalized spacial score (nSPS) is 9.91. The van der Waals surface area contributed by atoms with Crippen LogP contribution in [0.1, 0.15) is 23.2 Å². The maximum absolute atomic E-state index is 11.7. The molecule has 1 N–H and O–H groups in total. The Morgan fingerprint density at radius 3 is 2.27 bits per heavy atom. The summed E-state index contributed by atoms with van der Waals surface area (Å²) >= 11 is 0. The summed E-state index contributed by atoms with van der Waals surface area (Å²) in [6.45, 7) is 0.496. The van der Waals surface area contributed by atoms with Gasteiger partial charge in [-0.05, 0) is 24.3 Å². The monoisotopic (exact) mass is 309 g/mol. The van der Waals surface area contributed by atoms with E-state index in [0.29, 0.717) is 17.9 Å². The summed E-state index contributed by atoms with van der Waals surface area (Å²) in [4.78, 5) is 34.3. The summed E-state index contributed by atoms with van der Waals surface area (Å²) in [6, 6.07) is 6.25. The van der Waals surface area contributed by atoms with Crippen molar-refractivity contribution in [2.24, 2.45) is 0 Å². The molecule has 0 aliphatic heterocycles. The van der Waals surface area contributed by atoms with Crippen LogP contribution in [-0.4, -0.2) is 45.3 Å². The molecule has 0 aliphatic carbocycles. The summed E-state index contributed by atoms with van der Waals surface area (Å²) in [5, 5.41) is 2.63. The van der Waals surface area contributed by atoms with Crippen molar-refractivity contribution in [1.29, 1.82) is 0 Å². The molecule has 0 aliphatic rings. The number of ether oxygens (including phenoxy) is 3. The highest BCUT2D eigenvalue weighted by Gasteiger charge is 2.09. The molecule has 7 nitrogen and oxygen atoms in total. The van der Waals surface area contributed by atoms with Gasteiger partial charge in [-0.15, -0.1) is 0 Å². The Labute approximate surface area is 128 Å². The molecule has 1 aromatic rings. The lowest BCUT2D eigenvalue weighted by Crippen LogP contribution is -2.15. The molecule has 0 radical (unpaired) electrons. The second kappa shape index (κ2) is 9.51. The molecule has 0 saturated heterocycles. The zero-order chi connectivity index (χ0) is 16.4. The quantitative estimate of drug-likeness (QED) is 0.576. The van der Waals surface area contributed by atoms with Gasteiger partial charge in [0.05, 0.1) is 25.7 Å². The van der Waals surface area contributed by atoms with E-state index in [1.54, 1.807) is 24.3 Å². The molecule has 0 spiro atoms. The van der Waals surface area contributed by atoms with E-state index in [-0.39, 0.29) is 25.4 Å². The Bertz CT molecular complexity index is 511. The van der Waals surface area contributed by atoms with Gasteiger partial charge < -0.3 is 19.5 Å². The number of benzene rings is 1. The SMILES string of the molecule is COCCOC(=O)CCC(=O)Nc1ccc(C(=O)OC)cc1. The van der Waals surface area contributed by atoms with Gasteiger partial charge in [-0.25, -0.2) is 4.79 Å². The van der Waals surface area contributed by atoms with E-state index in [1.165, 1.54) is 14.2 Å². The molecule has 0 unspecified atom stereocenters. The Kier molecular flexibility index (Phi) is 7.63. The van der Waals surface area contributed by atoms with Crippen molar-refractivity contribution in [3.8, 4) is 0 Å². The van der Waals surface area contributed by atoms with Gasteiger partial charge in [0.15, 0.2) is 0 Å². The number of amides is 1. The van der Waals surface area contributed by atoms with Gasteiger partial charge in [-0.1, -0.05) is 0 Å². The Hall–Kier alpha value is -2.41. The first kappa shape index (κ1) is 17.6. The predicted octanol–water partition coefficient (Wildman–Crippen LogP) is 1.38. The number of hydrogen-bond donors (Lipinski definition) is 1. The van der Waals surface area contributed by atoms with Gasteiger partial charge in [0.2, 0.25) is 5.91 Å². The highest BCUT2D eigenvalue weighted by Crippen LogP contribution is 2.11. The molecule has 120 valence electrons. The van der Waals surface area contributed by atoms with Crippen LogP contribution in [-0.2, 0) is 23.8 Å². The average molecular weight is 309 g/mol. The second-order valence-corrected chi connectivity index (χ2v) is 4.33. The van der Waals surface area contributed by atoms with Crippen LogP contribution >= 0.6 is 0 Å². The summed E-state index contributed by atoms with van der Waals surface area (Å²) in [6.07, 6.45) is 0.0142. The lowest BCUT2D eigenvalue weighted by molar-refractivity contribution is -0.145. The zero-order valence-corrected chi connectivity index (χ0v) is 12.6. The van der Waals surface area contributed by atoms with Crippen molar-refractivity contribution >= 4 is 23.5 Å². The minimum absolute atomic E-state index is 0.00417. The molecule has 1 amide bonds. The first-order valence-electron chi connectivity index (χ1n) is 6.69. The second-order valence-electron chi connectivity index (χ2n) is 4.33. The first-order chi connectivity index (χ1) is 10.6. The number of carbonyl (C=O) groups is 3. The molecule has 7 heteroatoms. The van der Waals surface area contributed by atoms with Crippen molar-refractivity contribution in [2.45, 2.75) is 12.8 Å². The van der Waals surface area contributed by atoms with Crippen LogP contribution in [0.4, 0.5) is 5.69 Å². The standard InChI is InChI=1S/C15H19NO6/c1-20-9-10-22-14(18)8-7-13(17)16-12-5-3-11(4-6-12)15(19)21-2/h3-6H,7-10H2,1-2H3,(H,16,17). The number of carbonyl (C=O) groups excluding carboxylic acids is 3. The largest absolute Gasteiger partial charge is 0.465 e. The molecule has 22 heavy (non-hydrogen) atoms. The molecular weight excluding hydrogens is 290 g/mol. The van der Waals surface area contributed by atoms with E-state index in [4.69, 9.17) is 9.47 Å². The number of methoxy groups -OCH3 is 2. The van der Waals surface area contributed by atoms with Crippen LogP contribution < -0.4 is 5.32 Å². The molecule has 0 fully saturated rings. The molecule has 0 heterocycles. The third-order valence-electron chi connectivity index (χ3n) is 2.70. The van der Waals surface area contributed by atoms with Crippen LogP contribution in [0.15, 0.2) is 24.3 Å². The zero-order valence-electron chi connectivity index (χ0n) is 12.6. The average Bonchev–Trinajstić information content (AvgIpc) is 2.53. The van der Waals surface area contributed by atoms with Gasteiger partial charge in [-0.3, -0.25) is 9.59 Å². The minimum atomic E-state index is -0.451. The van der Waals surface area contributed by atoms with E-state index in [9.17, 15) is 14.4 Å². The van der Waals surface area contributed by atoms with Crippen molar-refractivity contribution in [2.75, 3.05) is 32.8 Å². The molecule has 0 aromatic heterocycles. The smallest absolute Gasteiger partial charge is 0.337 e. The molecule has 1 aromatic carbocycles. The van der Waals surface area contributed by atoms with E-state index >= 15 is 0 Å². The lowest BCUT2D eigenvalue weighted by atomic mass is 10.2. The fourth-order valence-electron chi connectivity index (χ4n) is 1.56. The third-order valence-corrected chi connectivity index (χ3v) is 2.70. The molecule has 0 bridgehead atoms. The van der Waals surface area contributed by atoms with Gasteiger partial charge in [-0.2, -0.15) is 0 Å². The Balaban J connectivity index is 2.35. The van der Waals surface area contributed by atoms with Gasteiger partial charge in [0, 0.05) is 19.2 Å². The topological polar surface area (TPSA) is 90.9 Å². The van der Waals surface area contributed by atoms with Crippen molar-refractivity contribution in [3.05, 3.63) is 29.8 Å². The van der Waals surface area contributed by atoms with E-state index < -0.39 is 11.9 Å². The predicted molar refractivity (Wildman–Crippen MR) is 78.5 cm³/mol. The minimum Gasteiger partial charge on any atom is -0.465 e. The summed E-state index contributed by atoms with van der Waals surface area (Å²) < 4.78 is 14.2. The fraction of sp³-hybridized carbons (Fsp3) is 0.400. The van der Waals surface area contributed by atoms with Crippen LogP contribution in [0.5, 0.6) is 0 Å². The van der Waals surface area contributed by atoms with Crippen molar-refractivity contribution < 1.29 is 28.6 Å². The molecule has 0 saturated carbocycles. The summed E-state index contributed by atoms with van der Waals surface area (Å²) in [5.74, 6) is -1.21. The third kappa shape index (κ3) is 6.36. The number of anilines is 1. The van der Waals surface area contributed by atoms with Crippen LogP contribution in [0, 0.1) is 0 Å². The lowest BCUT2D eigenvalue weighted by Gasteiger charge is -2.06. The van der Waals surface area contributed by atoms with Crippen molar-refractivity contribution in [3.63, 3.8) is 0 Å². The van der Waals surface area contributed by atoms with E-state index in [2.05, 4.69) is 10.1 Å².